The van der Waals surface area contributed by atoms with Gasteiger partial charge in [0.1, 0.15) is 0 Å². The summed E-state index contributed by atoms with van der Waals surface area (Å²) in [5.41, 5.74) is 0. The van der Waals surface area contributed by atoms with Gasteiger partial charge in [0.25, 0.3) is 0 Å². The molecule has 1 aliphatic heterocycles. The Morgan fingerprint density at radius 3 is 2.67 bits per heavy atom. The van der Waals surface area contributed by atoms with Gasteiger partial charge in [-0.15, -0.1) is 0 Å². The van der Waals surface area contributed by atoms with Gasteiger partial charge in [-0.05, 0) is 0 Å². The fraction of sp³-hybridized carbons (Fsp3) is 0.333. The minimum absolute atomic E-state index is 0.634. The summed E-state index contributed by atoms with van der Waals surface area (Å²) in [5.74, 6) is 0.634. The number of hydrogen-bond donors (Lipinski definition) is 0. The molecule has 0 fully saturated rings. The average molecular weight is 88.1 g/mol. The van der Waals surface area contributed by atoms with Crippen LogP contribution in [0.25, 0.3) is 0 Å². The fourth-order valence-electron chi connectivity index (χ4n) is 0.180. The van der Waals surface area contributed by atoms with E-state index in [9.17, 15) is 0 Å². The molecule has 1 rings (SSSR count). The van der Waals surface area contributed by atoms with Crippen LogP contribution in [0.2, 0.25) is 0 Å². The highest BCUT2D eigenvalue weighted by Gasteiger charge is 1.98. The molecule has 0 amide bonds. The molecule has 1 heterocycles. The Hall–Kier alpha value is -0.700. The average Bonchev–Trinajstić information content (AvgIpc) is 1.86. The zero-order chi connectivity index (χ0) is 4.41. The van der Waals surface area contributed by atoms with Crippen molar-refractivity contribution >= 4 is 0 Å². The Balaban J connectivity index is 2.45. The lowest BCUT2D eigenvalue weighted by molar-refractivity contribution is -0.444. The molecule has 0 saturated carbocycles. The summed E-state index contributed by atoms with van der Waals surface area (Å²) >= 11 is 0. The van der Waals surface area contributed by atoms with Gasteiger partial charge >= 0.3 is 0 Å². The summed E-state index contributed by atoms with van der Waals surface area (Å²) in [7, 11) is 0. The van der Waals surface area contributed by atoms with Gasteiger partial charge in [0.05, 0.1) is 0 Å². The second kappa shape index (κ2) is 1.18. The van der Waals surface area contributed by atoms with Crippen LogP contribution in [0.5, 0.6) is 0 Å². The first-order valence-electron chi connectivity index (χ1n) is 1.56. The van der Waals surface area contributed by atoms with E-state index >= 15 is 0 Å². The maximum atomic E-state index is 4.29. The van der Waals surface area contributed by atoms with E-state index < -0.39 is 0 Å². The maximum absolute atomic E-state index is 4.29. The summed E-state index contributed by atoms with van der Waals surface area (Å²) < 4.78 is 0. The van der Waals surface area contributed by atoms with E-state index in [1.807, 2.05) is 0 Å². The predicted molar refractivity (Wildman–Crippen MR) is 17.0 cm³/mol. The molecule has 0 bridgehead atoms. The summed E-state index contributed by atoms with van der Waals surface area (Å²) in [6.07, 6.45) is 1.38. The molecule has 0 saturated heterocycles. The SMILES string of the molecule is CC1=COOO1. The lowest BCUT2D eigenvalue weighted by Crippen LogP contribution is -1.74. The van der Waals surface area contributed by atoms with Crippen LogP contribution in [0, 0.1) is 0 Å². The largest absolute Gasteiger partial charge is 0.303 e. The molecule has 34 valence electrons. The normalized spacial score (nSPS) is 18.5. The van der Waals surface area contributed by atoms with E-state index in [1.165, 1.54) is 6.26 Å². The molecule has 0 aromatic rings. The molecule has 0 aromatic carbocycles. The van der Waals surface area contributed by atoms with Crippen LogP contribution in [-0.2, 0) is 14.8 Å². The predicted octanol–water partition coefficient (Wildman–Crippen LogP) is 0.741. The van der Waals surface area contributed by atoms with E-state index in [4.69, 9.17) is 0 Å². The van der Waals surface area contributed by atoms with Crippen molar-refractivity contribution in [3.63, 3.8) is 0 Å². The molecular weight excluding hydrogens is 84.0 g/mol. The summed E-state index contributed by atoms with van der Waals surface area (Å²) in [5, 5.41) is 3.96. The van der Waals surface area contributed by atoms with E-state index in [1.54, 1.807) is 6.92 Å². The van der Waals surface area contributed by atoms with Gasteiger partial charge in [-0.25, -0.2) is 0 Å². The first-order valence-corrected chi connectivity index (χ1v) is 1.56. The van der Waals surface area contributed by atoms with Crippen molar-refractivity contribution in [3.8, 4) is 0 Å². The Labute approximate surface area is 35.0 Å². The molecule has 6 heavy (non-hydrogen) atoms. The highest BCUT2D eigenvalue weighted by Crippen LogP contribution is 2.04. The maximum Gasteiger partial charge on any atom is 0.182 e. The van der Waals surface area contributed by atoms with Crippen LogP contribution in [0.15, 0.2) is 12.0 Å². The Morgan fingerprint density at radius 2 is 2.50 bits per heavy atom. The smallest absolute Gasteiger partial charge is 0.182 e. The van der Waals surface area contributed by atoms with Crippen LogP contribution in [0.4, 0.5) is 0 Å². The van der Waals surface area contributed by atoms with Crippen molar-refractivity contribution < 1.29 is 14.8 Å². The third-order valence-corrected chi connectivity index (χ3v) is 0.419. The summed E-state index contributed by atoms with van der Waals surface area (Å²) in [4.78, 5) is 8.46. The van der Waals surface area contributed by atoms with Gasteiger partial charge in [0.15, 0.2) is 12.0 Å². The Bertz CT molecular complexity index is 76.1. The highest BCUT2D eigenvalue weighted by atomic mass is 17.5. The molecule has 0 spiro atoms. The van der Waals surface area contributed by atoms with Crippen LogP contribution < -0.4 is 0 Å². The van der Waals surface area contributed by atoms with Crippen molar-refractivity contribution in [2.24, 2.45) is 0 Å². The molecule has 0 radical (unpaired) electrons. The van der Waals surface area contributed by atoms with E-state index in [-0.39, 0.29) is 0 Å². The molecule has 0 N–H and O–H groups in total. The monoisotopic (exact) mass is 88.0 g/mol. The molecule has 3 nitrogen and oxygen atoms in total. The van der Waals surface area contributed by atoms with Crippen molar-refractivity contribution in [1.29, 1.82) is 0 Å². The highest BCUT2D eigenvalue weighted by molar-refractivity contribution is 4.79. The molecule has 0 unspecified atom stereocenters. The zero-order valence-corrected chi connectivity index (χ0v) is 3.30. The first kappa shape index (κ1) is 3.49. The first-order chi connectivity index (χ1) is 2.89. The van der Waals surface area contributed by atoms with Crippen LogP contribution in [0.3, 0.4) is 0 Å². The topological polar surface area (TPSA) is 27.7 Å². The van der Waals surface area contributed by atoms with Gasteiger partial charge in [-0.1, -0.05) is 0 Å². The third kappa shape index (κ3) is 0.440. The molecule has 0 atom stereocenters. The second-order valence-electron chi connectivity index (χ2n) is 0.976. The van der Waals surface area contributed by atoms with Gasteiger partial charge in [-0.2, -0.15) is 0 Å². The van der Waals surface area contributed by atoms with Crippen LogP contribution in [0.1, 0.15) is 6.92 Å². The van der Waals surface area contributed by atoms with E-state index in [0.29, 0.717) is 5.76 Å². The quantitative estimate of drug-likeness (QED) is 0.409. The number of allylic oxidation sites excluding steroid dienone is 1. The van der Waals surface area contributed by atoms with E-state index in [2.05, 4.69) is 14.8 Å². The summed E-state index contributed by atoms with van der Waals surface area (Å²) in [6, 6.07) is 0. The van der Waals surface area contributed by atoms with E-state index in [0.717, 1.165) is 0 Å². The van der Waals surface area contributed by atoms with Crippen molar-refractivity contribution in [2.45, 2.75) is 6.92 Å². The lowest BCUT2D eigenvalue weighted by Gasteiger charge is -1.82. The number of rotatable bonds is 0. The minimum Gasteiger partial charge on any atom is -0.303 e. The zero-order valence-electron chi connectivity index (χ0n) is 3.30. The van der Waals surface area contributed by atoms with Crippen molar-refractivity contribution in [1.82, 2.24) is 0 Å². The van der Waals surface area contributed by atoms with Crippen LogP contribution in [-0.4, -0.2) is 0 Å². The molecular formula is C3H4O3. The standard InChI is InChI=1S/C3H4O3/c1-3-2-4-6-5-3/h2H,1H3. The third-order valence-electron chi connectivity index (χ3n) is 0.419. The molecule has 0 aliphatic carbocycles. The van der Waals surface area contributed by atoms with Crippen molar-refractivity contribution in [3.05, 3.63) is 12.0 Å². The van der Waals surface area contributed by atoms with Gasteiger partial charge in [-0.3, -0.25) is 0 Å². The van der Waals surface area contributed by atoms with Crippen molar-refractivity contribution in [2.75, 3.05) is 0 Å². The fourth-order valence-corrected chi connectivity index (χ4v) is 0.180. The molecule has 0 aromatic heterocycles. The van der Waals surface area contributed by atoms with Gasteiger partial charge < -0.3 is 9.78 Å². The molecule has 1 aliphatic rings. The van der Waals surface area contributed by atoms with Gasteiger partial charge in [0, 0.05) is 12.0 Å². The Morgan fingerprint density at radius 1 is 1.67 bits per heavy atom. The molecule has 3 heteroatoms. The second-order valence-corrected chi connectivity index (χ2v) is 0.976. The van der Waals surface area contributed by atoms with Crippen LogP contribution >= 0.6 is 0 Å². The van der Waals surface area contributed by atoms with Gasteiger partial charge in [0.2, 0.25) is 0 Å². The minimum atomic E-state index is 0.634. The Kier molecular flexibility index (Phi) is 0.686. The lowest BCUT2D eigenvalue weighted by atomic mass is 10.7. The number of hydrogen-bond acceptors (Lipinski definition) is 3. The summed E-state index contributed by atoms with van der Waals surface area (Å²) in [6.45, 7) is 1.73.